The van der Waals surface area contributed by atoms with Gasteiger partial charge in [0.25, 0.3) is 5.91 Å². The molecule has 2 atom stereocenters. The van der Waals surface area contributed by atoms with Crippen LogP contribution in [-0.4, -0.2) is 36.4 Å². The summed E-state index contributed by atoms with van der Waals surface area (Å²) < 4.78 is 5.23. The van der Waals surface area contributed by atoms with Gasteiger partial charge in [-0.3, -0.25) is 4.79 Å². The molecule has 1 aromatic carbocycles. The fraction of sp³-hybridized carbons (Fsp3) is 0.526. The van der Waals surface area contributed by atoms with Gasteiger partial charge >= 0.3 is 0 Å². The lowest BCUT2D eigenvalue weighted by atomic mass is 10.0. The van der Waals surface area contributed by atoms with Crippen LogP contribution >= 0.6 is 0 Å². The SMILES string of the molecule is COCC1CCCC1NC(=O)c1ccc(C#CC(C)(C)O)cc1. The maximum Gasteiger partial charge on any atom is 0.251 e. The Balaban J connectivity index is 1.98. The minimum absolute atomic E-state index is 0.0556. The van der Waals surface area contributed by atoms with Gasteiger partial charge in [0, 0.05) is 30.2 Å². The lowest BCUT2D eigenvalue weighted by Crippen LogP contribution is -2.38. The van der Waals surface area contributed by atoms with Crippen molar-refractivity contribution in [1.29, 1.82) is 0 Å². The molecule has 2 N–H and O–H groups in total. The Morgan fingerprint density at radius 3 is 2.65 bits per heavy atom. The molecule has 1 saturated carbocycles. The summed E-state index contributed by atoms with van der Waals surface area (Å²) in [5.41, 5.74) is 0.387. The highest BCUT2D eigenvalue weighted by Gasteiger charge is 2.28. The van der Waals surface area contributed by atoms with Crippen molar-refractivity contribution in [3.63, 3.8) is 0 Å². The molecule has 4 heteroatoms. The number of hydrogen-bond donors (Lipinski definition) is 2. The number of aliphatic hydroxyl groups is 1. The van der Waals surface area contributed by atoms with E-state index in [1.165, 1.54) is 0 Å². The van der Waals surface area contributed by atoms with Gasteiger partial charge in [0.05, 0.1) is 6.61 Å². The monoisotopic (exact) mass is 315 g/mol. The van der Waals surface area contributed by atoms with Crippen LogP contribution in [0.3, 0.4) is 0 Å². The van der Waals surface area contributed by atoms with Crippen molar-refractivity contribution < 1.29 is 14.6 Å². The largest absolute Gasteiger partial charge is 0.384 e. The fourth-order valence-electron chi connectivity index (χ4n) is 2.82. The Hall–Kier alpha value is -1.83. The maximum absolute atomic E-state index is 12.4. The number of carbonyl (C=O) groups excluding carboxylic acids is 1. The van der Waals surface area contributed by atoms with E-state index in [2.05, 4.69) is 17.2 Å². The molecule has 4 nitrogen and oxygen atoms in total. The zero-order valence-corrected chi connectivity index (χ0v) is 14.1. The van der Waals surface area contributed by atoms with E-state index in [4.69, 9.17) is 4.74 Å². The molecule has 0 radical (unpaired) electrons. The lowest BCUT2D eigenvalue weighted by molar-refractivity contribution is 0.0898. The van der Waals surface area contributed by atoms with Crippen molar-refractivity contribution in [2.75, 3.05) is 13.7 Å². The Kier molecular flexibility index (Phi) is 5.81. The van der Waals surface area contributed by atoms with Crippen LogP contribution in [0.15, 0.2) is 24.3 Å². The molecule has 2 unspecified atom stereocenters. The second-order valence-corrected chi connectivity index (χ2v) is 6.61. The van der Waals surface area contributed by atoms with Gasteiger partial charge in [-0.1, -0.05) is 18.3 Å². The molecule has 0 aromatic heterocycles. The van der Waals surface area contributed by atoms with Crippen molar-refractivity contribution in [1.82, 2.24) is 5.32 Å². The molecule has 0 spiro atoms. The third-order valence-corrected chi connectivity index (χ3v) is 4.02. The van der Waals surface area contributed by atoms with E-state index in [-0.39, 0.29) is 11.9 Å². The van der Waals surface area contributed by atoms with Gasteiger partial charge in [-0.05, 0) is 51.0 Å². The normalized spacial score (nSPS) is 20.7. The van der Waals surface area contributed by atoms with Crippen LogP contribution in [0.4, 0.5) is 0 Å². The third kappa shape index (κ3) is 5.38. The van der Waals surface area contributed by atoms with Crippen LogP contribution in [0.25, 0.3) is 0 Å². The average molecular weight is 315 g/mol. The van der Waals surface area contributed by atoms with Gasteiger partial charge in [0.2, 0.25) is 0 Å². The lowest BCUT2D eigenvalue weighted by Gasteiger charge is -2.20. The molecule has 0 bridgehead atoms. The van der Waals surface area contributed by atoms with E-state index >= 15 is 0 Å². The molecule has 0 heterocycles. The number of hydrogen-bond acceptors (Lipinski definition) is 3. The van der Waals surface area contributed by atoms with Crippen LogP contribution in [0.5, 0.6) is 0 Å². The molecule has 1 fully saturated rings. The summed E-state index contributed by atoms with van der Waals surface area (Å²) in [4.78, 5) is 12.4. The quantitative estimate of drug-likeness (QED) is 0.839. The number of ether oxygens (including phenoxy) is 1. The van der Waals surface area contributed by atoms with Crippen molar-refractivity contribution >= 4 is 5.91 Å². The predicted molar refractivity (Wildman–Crippen MR) is 90.1 cm³/mol. The van der Waals surface area contributed by atoms with E-state index in [0.717, 1.165) is 24.8 Å². The van der Waals surface area contributed by atoms with Crippen molar-refractivity contribution in [2.45, 2.75) is 44.8 Å². The fourth-order valence-corrected chi connectivity index (χ4v) is 2.82. The minimum atomic E-state index is -1.02. The molecule has 1 amide bonds. The van der Waals surface area contributed by atoms with E-state index in [1.54, 1.807) is 45.2 Å². The Labute approximate surface area is 138 Å². The van der Waals surface area contributed by atoms with Crippen LogP contribution < -0.4 is 5.32 Å². The summed E-state index contributed by atoms with van der Waals surface area (Å²) >= 11 is 0. The summed E-state index contributed by atoms with van der Waals surface area (Å²) in [5.74, 6) is 6.00. The second kappa shape index (κ2) is 7.63. The van der Waals surface area contributed by atoms with E-state index in [1.807, 2.05) is 0 Å². The Morgan fingerprint density at radius 2 is 2.04 bits per heavy atom. The molecule has 23 heavy (non-hydrogen) atoms. The smallest absolute Gasteiger partial charge is 0.251 e. The van der Waals surface area contributed by atoms with Crippen LogP contribution in [0.1, 0.15) is 49.0 Å². The van der Waals surface area contributed by atoms with Gasteiger partial charge in [-0.25, -0.2) is 0 Å². The first kappa shape index (κ1) is 17.5. The highest BCUT2D eigenvalue weighted by molar-refractivity contribution is 5.94. The molecule has 1 aromatic rings. The van der Waals surface area contributed by atoms with Gasteiger partial charge in [0.15, 0.2) is 0 Å². The number of benzene rings is 1. The zero-order chi connectivity index (χ0) is 16.9. The van der Waals surface area contributed by atoms with Gasteiger partial charge < -0.3 is 15.2 Å². The minimum Gasteiger partial charge on any atom is -0.384 e. The molecular weight excluding hydrogens is 290 g/mol. The van der Waals surface area contributed by atoms with Gasteiger partial charge in [0.1, 0.15) is 5.60 Å². The van der Waals surface area contributed by atoms with E-state index in [0.29, 0.717) is 18.1 Å². The number of nitrogens with one attached hydrogen (secondary N) is 1. The number of methoxy groups -OCH3 is 1. The van der Waals surface area contributed by atoms with E-state index in [9.17, 15) is 9.90 Å². The maximum atomic E-state index is 12.4. The third-order valence-electron chi connectivity index (χ3n) is 4.02. The molecule has 1 aliphatic carbocycles. The zero-order valence-electron chi connectivity index (χ0n) is 14.1. The highest BCUT2D eigenvalue weighted by atomic mass is 16.5. The standard InChI is InChI=1S/C19H25NO3/c1-19(2,22)12-11-14-7-9-15(10-8-14)18(21)20-17-6-4-5-16(17)13-23-3/h7-10,16-17,22H,4-6,13H2,1-3H3,(H,20,21). The van der Waals surface area contributed by atoms with Crippen LogP contribution in [0, 0.1) is 17.8 Å². The van der Waals surface area contributed by atoms with Crippen LogP contribution in [-0.2, 0) is 4.74 Å². The molecular formula is C19H25NO3. The topological polar surface area (TPSA) is 58.6 Å². The summed E-state index contributed by atoms with van der Waals surface area (Å²) in [5, 5.41) is 12.7. The Bertz CT molecular complexity index is 590. The first-order valence-electron chi connectivity index (χ1n) is 8.04. The molecule has 0 aliphatic heterocycles. The predicted octanol–water partition coefficient (Wildman–Crippen LogP) is 2.35. The first-order valence-corrected chi connectivity index (χ1v) is 8.04. The summed E-state index contributed by atoms with van der Waals surface area (Å²) in [7, 11) is 1.70. The van der Waals surface area contributed by atoms with Crippen molar-refractivity contribution in [3.05, 3.63) is 35.4 Å². The molecule has 124 valence electrons. The van der Waals surface area contributed by atoms with Crippen molar-refractivity contribution in [3.8, 4) is 11.8 Å². The van der Waals surface area contributed by atoms with Gasteiger partial charge in [-0.2, -0.15) is 0 Å². The summed E-state index contributed by atoms with van der Waals surface area (Å²) in [6, 6.07) is 7.33. The van der Waals surface area contributed by atoms with E-state index < -0.39 is 5.60 Å². The molecule has 0 saturated heterocycles. The second-order valence-electron chi connectivity index (χ2n) is 6.61. The van der Waals surface area contributed by atoms with Gasteiger partial charge in [-0.15, -0.1) is 0 Å². The number of rotatable bonds is 4. The molecule has 1 aliphatic rings. The summed E-state index contributed by atoms with van der Waals surface area (Å²) in [6.07, 6.45) is 3.24. The number of carbonyl (C=O) groups is 1. The number of amides is 1. The Morgan fingerprint density at radius 1 is 1.35 bits per heavy atom. The summed E-state index contributed by atoms with van der Waals surface area (Å²) in [6.45, 7) is 3.97. The van der Waals surface area contributed by atoms with Crippen molar-refractivity contribution in [2.24, 2.45) is 5.92 Å². The van der Waals surface area contributed by atoms with Crippen LogP contribution in [0.2, 0.25) is 0 Å². The first-order chi connectivity index (χ1) is 10.9. The average Bonchev–Trinajstić information content (AvgIpc) is 2.92. The molecule has 2 rings (SSSR count). The highest BCUT2D eigenvalue weighted by Crippen LogP contribution is 2.26.